The van der Waals surface area contributed by atoms with Crippen LogP contribution in [-0.4, -0.2) is 16.5 Å². The predicted octanol–water partition coefficient (Wildman–Crippen LogP) is 4.71. The Morgan fingerprint density at radius 3 is 3.00 bits per heavy atom. The molecule has 0 saturated carbocycles. The largest absolute Gasteiger partial charge is 0.435 e. The standard InChI is InChI=1S/C14H11ClFN3OS/c1-2-17-14-18-12(8-6-7-21-13(8)19-14)20-10-5-3-4-9(15)11(10)16/h3-7H,2H2,1H3,(H,17,18,19). The maximum atomic E-state index is 13.9. The molecular weight excluding hydrogens is 313 g/mol. The van der Waals surface area contributed by atoms with Crippen LogP contribution in [0.4, 0.5) is 10.3 Å². The van der Waals surface area contributed by atoms with Crippen molar-refractivity contribution in [3.05, 3.63) is 40.5 Å². The van der Waals surface area contributed by atoms with E-state index in [9.17, 15) is 4.39 Å². The van der Waals surface area contributed by atoms with Gasteiger partial charge in [-0.1, -0.05) is 17.7 Å². The van der Waals surface area contributed by atoms with Gasteiger partial charge in [0.05, 0.1) is 10.4 Å². The van der Waals surface area contributed by atoms with E-state index in [0.717, 1.165) is 10.2 Å². The Morgan fingerprint density at radius 2 is 2.19 bits per heavy atom. The zero-order valence-electron chi connectivity index (χ0n) is 11.1. The molecule has 0 spiro atoms. The molecule has 7 heteroatoms. The topological polar surface area (TPSA) is 47.0 Å². The van der Waals surface area contributed by atoms with Gasteiger partial charge in [0.25, 0.3) is 0 Å². The molecule has 2 aromatic heterocycles. The van der Waals surface area contributed by atoms with Gasteiger partial charge in [-0.25, -0.2) is 9.37 Å². The van der Waals surface area contributed by atoms with Gasteiger partial charge in [0, 0.05) is 6.54 Å². The van der Waals surface area contributed by atoms with E-state index in [-0.39, 0.29) is 10.8 Å². The summed E-state index contributed by atoms with van der Waals surface area (Å²) in [7, 11) is 0. The summed E-state index contributed by atoms with van der Waals surface area (Å²) in [4.78, 5) is 9.42. The number of ether oxygens (including phenoxy) is 1. The summed E-state index contributed by atoms with van der Waals surface area (Å²) >= 11 is 7.23. The fourth-order valence-corrected chi connectivity index (χ4v) is 2.73. The van der Waals surface area contributed by atoms with Gasteiger partial charge in [0.15, 0.2) is 11.6 Å². The monoisotopic (exact) mass is 323 g/mol. The number of rotatable bonds is 4. The smallest absolute Gasteiger partial charge is 0.233 e. The van der Waals surface area contributed by atoms with Gasteiger partial charge in [0.2, 0.25) is 11.8 Å². The lowest BCUT2D eigenvalue weighted by molar-refractivity contribution is 0.432. The van der Waals surface area contributed by atoms with Gasteiger partial charge in [-0.3, -0.25) is 0 Å². The molecule has 0 amide bonds. The Morgan fingerprint density at radius 1 is 1.33 bits per heavy atom. The fraction of sp³-hybridized carbons (Fsp3) is 0.143. The highest BCUT2D eigenvalue weighted by atomic mass is 35.5. The van der Waals surface area contributed by atoms with E-state index in [2.05, 4.69) is 15.3 Å². The Balaban J connectivity index is 2.06. The minimum absolute atomic E-state index is 0.00928. The molecule has 4 nitrogen and oxygen atoms in total. The first-order valence-corrected chi connectivity index (χ1v) is 7.55. The summed E-state index contributed by atoms with van der Waals surface area (Å²) in [6.45, 7) is 2.63. The second-order valence-electron chi connectivity index (χ2n) is 4.18. The lowest BCUT2D eigenvalue weighted by Gasteiger charge is -2.09. The van der Waals surface area contributed by atoms with Crippen LogP contribution in [0.5, 0.6) is 11.6 Å². The minimum atomic E-state index is -0.605. The number of aromatic nitrogens is 2. The number of hydrogen-bond donors (Lipinski definition) is 1. The number of thiophene rings is 1. The van der Waals surface area contributed by atoms with Gasteiger partial charge >= 0.3 is 0 Å². The molecule has 108 valence electrons. The summed E-state index contributed by atoms with van der Waals surface area (Å²) < 4.78 is 19.6. The normalized spacial score (nSPS) is 10.8. The predicted molar refractivity (Wildman–Crippen MR) is 83.1 cm³/mol. The molecule has 0 fully saturated rings. The number of benzene rings is 1. The van der Waals surface area contributed by atoms with Crippen molar-refractivity contribution in [3.8, 4) is 11.6 Å². The maximum Gasteiger partial charge on any atom is 0.233 e. The molecule has 2 heterocycles. The first-order chi connectivity index (χ1) is 10.2. The highest BCUT2D eigenvalue weighted by molar-refractivity contribution is 7.16. The molecule has 0 bridgehead atoms. The van der Waals surface area contributed by atoms with Crippen molar-refractivity contribution in [2.75, 3.05) is 11.9 Å². The number of halogens is 2. The second kappa shape index (κ2) is 5.83. The summed E-state index contributed by atoms with van der Waals surface area (Å²) in [5.41, 5.74) is 0. The highest BCUT2D eigenvalue weighted by Crippen LogP contribution is 2.33. The van der Waals surface area contributed by atoms with Crippen LogP contribution in [0.25, 0.3) is 10.2 Å². The van der Waals surface area contributed by atoms with E-state index in [4.69, 9.17) is 16.3 Å². The molecule has 0 aliphatic carbocycles. The fourth-order valence-electron chi connectivity index (χ4n) is 1.81. The maximum absolute atomic E-state index is 13.9. The van der Waals surface area contributed by atoms with Crippen LogP contribution in [0, 0.1) is 5.82 Å². The van der Waals surface area contributed by atoms with Gasteiger partial charge in [-0.15, -0.1) is 11.3 Å². The van der Waals surface area contributed by atoms with Gasteiger partial charge < -0.3 is 10.1 Å². The van der Waals surface area contributed by atoms with E-state index in [1.54, 1.807) is 6.07 Å². The molecular formula is C14H11ClFN3OS. The third-order valence-corrected chi connectivity index (χ3v) is 3.85. The number of fused-ring (bicyclic) bond motifs is 1. The summed E-state index contributed by atoms with van der Waals surface area (Å²) in [5, 5.41) is 5.66. The number of nitrogens with one attached hydrogen (secondary N) is 1. The van der Waals surface area contributed by atoms with Crippen molar-refractivity contribution in [1.29, 1.82) is 0 Å². The minimum Gasteiger partial charge on any atom is -0.435 e. The van der Waals surface area contributed by atoms with Gasteiger partial charge in [0.1, 0.15) is 4.83 Å². The molecule has 1 N–H and O–H groups in total. The first-order valence-electron chi connectivity index (χ1n) is 6.30. The Kier molecular flexibility index (Phi) is 3.90. The molecule has 0 aliphatic rings. The molecule has 0 unspecified atom stereocenters. The molecule has 0 atom stereocenters. The Labute approximate surface area is 129 Å². The molecule has 21 heavy (non-hydrogen) atoms. The Hall–Kier alpha value is -1.92. The molecule has 0 saturated heterocycles. The first kappa shape index (κ1) is 14.0. The van der Waals surface area contributed by atoms with Crippen LogP contribution in [0.15, 0.2) is 29.6 Å². The average Bonchev–Trinajstić information content (AvgIpc) is 2.93. The molecule has 0 radical (unpaired) electrons. The van der Waals surface area contributed by atoms with Gasteiger partial charge in [-0.05, 0) is 30.5 Å². The number of anilines is 1. The summed E-state index contributed by atoms with van der Waals surface area (Å²) in [5.74, 6) is 0.186. The van der Waals surface area contributed by atoms with Crippen molar-refractivity contribution in [1.82, 2.24) is 9.97 Å². The summed E-state index contributed by atoms with van der Waals surface area (Å²) in [6, 6.07) is 6.44. The third-order valence-electron chi connectivity index (χ3n) is 2.75. The van der Waals surface area contributed by atoms with Crippen LogP contribution in [0.2, 0.25) is 5.02 Å². The van der Waals surface area contributed by atoms with Crippen LogP contribution in [-0.2, 0) is 0 Å². The van der Waals surface area contributed by atoms with E-state index in [0.29, 0.717) is 18.4 Å². The van der Waals surface area contributed by atoms with E-state index in [1.165, 1.54) is 23.5 Å². The van der Waals surface area contributed by atoms with Crippen molar-refractivity contribution in [3.63, 3.8) is 0 Å². The van der Waals surface area contributed by atoms with Gasteiger partial charge in [-0.2, -0.15) is 4.98 Å². The van der Waals surface area contributed by atoms with Crippen LogP contribution in [0.3, 0.4) is 0 Å². The van der Waals surface area contributed by atoms with Crippen molar-refractivity contribution >= 4 is 39.1 Å². The van der Waals surface area contributed by atoms with Crippen molar-refractivity contribution < 1.29 is 9.13 Å². The molecule has 3 rings (SSSR count). The highest BCUT2D eigenvalue weighted by Gasteiger charge is 2.14. The average molecular weight is 324 g/mol. The van der Waals surface area contributed by atoms with Crippen LogP contribution >= 0.6 is 22.9 Å². The quantitative estimate of drug-likeness (QED) is 0.755. The lowest BCUT2D eigenvalue weighted by Crippen LogP contribution is -2.03. The second-order valence-corrected chi connectivity index (χ2v) is 5.48. The van der Waals surface area contributed by atoms with E-state index in [1.807, 2.05) is 18.4 Å². The Bertz CT molecular complexity index is 793. The van der Waals surface area contributed by atoms with Crippen LogP contribution < -0.4 is 10.1 Å². The van der Waals surface area contributed by atoms with E-state index < -0.39 is 5.82 Å². The zero-order valence-corrected chi connectivity index (χ0v) is 12.6. The van der Waals surface area contributed by atoms with Crippen molar-refractivity contribution in [2.45, 2.75) is 6.92 Å². The molecule has 3 aromatic rings. The molecule has 0 aliphatic heterocycles. The molecule has 1 aromatic carbocycles. The summed E-state index contributed by atoms with van der Waals surface area (Å²) in [6.07, 6.45) is 0. The number of nitrogens with zero attached hydrogens (tertiary/aromatic N) is 2. The number of hydrogen-bond acceptors (Lipinski definition) is 5. The zero-order chi connectivity index (χ0) is 14.8. The van der Waals surface area contributed by atoms with E-state index >= 15 is 0 Å². The van der Waals surface area contributed by atoms with Crippen LogP contribution in [0.1, 0.15) is 6.92 Å². The third kappa shape index (κ3) is 2.77. The lowest BCUT2D eigenvalue weighted by atomic mass is 10.3. The van der Waals surface area contributed by atoms with Crippen molar-refractivity contribution in [2.24, 2.45) is 0 Å². The SMILES string of the molecule is CCNc1nc(Oc2cccc(Cl)c2F)c2ccsc2n1.